The lowest BCUT2D eigenvalue weighted by atomic mass is 10.00. The molecule has 0 radical (unpaired) electrons. The van der Waals surface area contributed by atoms with Gasteiger partial charge < -0.3 is 34.8 Å². The Bertz CT molecular complexity index is 1170. The Hall–Kier alpha value is -2.69. The van der Waals surface area contributed by atoms with Crippen molar-refractivity contribution in [1.29, 1.82) is 0 Å². The standard InChI is InChI=1S/C24H24BrNO7/c1-12-20(27)21(28)22(29)24(32-12)33-19-11-13-7-8-15(25)9-14(13)10-16(19)23(30)26-17-5-3-4-6-18(17)31-2/h3-12,20-22,24,27-29H,1-2H3,(H,26,30). The summed E-state index contributed by atoms with van der Waals surface area (Å²) in [6.07, 6.45) is -6.30. The average Bonchev–Trinajstić information content (AvgIpc) is 2.81. The van der Waals surface area contributed by atoms with Crippen LogP contribution in [0.1, 0.15) is 17.3 Å². The van der Waals surface area contributed by atoms with Crippen LogP contribution >= 0.6 is 15.9 Å². The Labute approximate surface area is 198 Å². The molecule has 3 aromatic carbocycles. The van der Waals surface area contributed by atoms with E-state index >= 15 is 0 Å². The van der Waals surface area contributed by atoms with Crippen LogP contribution in [0, 0.1) is 0 Å². The van der Waals surface area contributed by atoms with Crippen molar-refractivity contribution in [3.8, 4) is 11.5 Å². The summed E-state index contributed by atoms with van der Waals surface area (Å²) in [6.45, 7) is 1.56. The van der Waals surface area contributed by atoms with Crippen LogP contribution in [0.3, 0.4) is 0 Å². The second-order valence-corrected chi connectivity index (χ2v) is 8.71. The van der Waals surface area contributed by atoms with Crippen molar-refractivity contribution < 1.29 is 34.3 Å². The molecule has 1 aliphatic heterocycles. The Morgan fingerprint density at radius 2 is 1.73 bits per heavy atom. The smallest absolute Gasteiger partial charge is 0.259 e. The first-order chi connectivity index (χ1) is 15.8. The summed E-state index contributed by atoms with van der Waals surface area (Å²) in [5, 5.41) is 34.9. The number of fused-ring (bicyclic) bond motifs is 1. The van der Waals surface area contributed by atoms with E-state index in [-0.39, 0.29) is 11.3 Å². The van der Waals surface area contributed by atoms with Crippen molar-refractivity contribution in [3.05, 3.63) is 64.6 Å². The maximum Gasteiger partial charge on any atom is 0.259 e. The lowest BCUT2D eigenvalue weighted by Crippen LogP contribution is -2.58. The normalized spacial score (nSPS) is 25.0. The van der Waals surface area contributed by atoms with E-state index in [1.807, 2.05) is 18.2 Å². The minimum atomic E-state index is -1.51. The van der Waals surface area contributed by atoms with Crippen LogP contribution in [0.25, 0.3) is 10.8 Å². The quantitative estimate of drug-likeness (QED) is 0.410. The Balaban J connectivity index is 1.72. The van der Waals surface area contributed by atoms with Gasteiger partial charge in [0, 0.05) is 4.47 Å². The third-order valence-electron chi connectivity index (χ3n) is 5.55. The van der Waals surface area contributed by atoms with Gasteiger partial charge in [0.1, 0.15) is 29.8 Å². The predicted molar refractivity (Wildman–Crippen MR) is 126 cm³/mol. The third kappa shape index (κ3) is 4.83. The summed E-state index contributed by atoms with van der Waals surface area (Å²) >= 11 is 3.44. The Kier molecular flexibility index (Phi) is 6.87. The fourth-order valence-electron chi connectivity index (χ4n) is 3.70. The van der Waals surface area contributed by atoms with Crippen molar-refractivity contribution in [2.45, 2.75) is 37.6 Å². The highest BCUT2D eigenvalue weighted by Gasteiger charge is 2.43. The van der Waals surface area contributed by atoms with Crippen LogP contribution in [0.15, 0.2) is 59.1 Å². The molecule has 4 rings (SSSR count). The molecule has 1 heterocycles. The average molecular weight is 518 g/mol. The van der Waals surface area contributed by atoms with E-state index in [9.17, 15) is 20.1 Å². The minimum absolute atomic E-state index is 0.150. The number of hydrogen-bond donors (Lipinski definition) is 4. The molecule has 0 spiro atoms. The zero-order valence-electron chi connectivity index (χ0n) is 17.9. The number of benzene rings is 3. The number of carbonyl (C=O) groups is 1. The van der Waals surface area contributed by atoms with Crippen LogP contribution in [-0.4, -0.2) is 59.0 Å². The molecule has 5 atom stereocenters. The van der Waals surface area contributed by atoms with E-state index in [1.165, 1.54) is 7.11 Å². The van der Waals surface area contributed by atoms with E-state index in [2.05, 4.69) is 21.2 Å². The second-order valence-electron chi connectivity index (χ2n) is 7.79. The van der Waals surface area contributed by atoms with Gasteiger partial charge in [-0.2, -0.15) is 0 Å². The fraction of sp³-hybridized carbons (Fsp3) is 0.292. The number of amides is 1. The van der Waals surface area contributed by atoms with Crippen LogP contribution in [-0.2, 0) is 4.74 Å². The highest BCUT2D eigenvalue weighted by Crippen LogP contribution is 2.33. The number of ether oxygens (including phenoxy) is 3. The van der Waals surface area contributed by atoms with Gasteiger partial charge in [0.2, 0.25) is 6.29 Å². The number of rotatable bonds is 5. The number of nitrogens with one attached hydrogen (secondary N) is 1. The number of halogens is 1. The SMILES string of the molecule is COc1ccccc1NC(=O)c1cc2cc(Br)ccc2cc1OC1OC(C)C(O)C(O)C1O. The molecule has 3 aromatic rings. The summed E-state index contributed by atoms with van der Waals surface area (Å²) in [5.41, 5.74) is 0.668. The molecule has 0 aliphatic carbocycles. The van der Waals surface area contributed by atoms with Crippen LogP contribution in [0.4, 0.5) is 5.69 Å². The Morgan fingerprint density at radius 1 is 0.970 bits per heavy atom. The van der Waals surface area contributed by atoms with Gasteiger partial charge in [0.05, 0.1) is 24.5 Å². The van der Waals surface area contributed by atoms with Crippen LogP contribution in [0.5, 0.6) is 11.5 Å². The number of methoxy groups -OCH3 is 1. The summed E-state index contributed by atoms with van der Waals surface area (Å²) < 4.78 is 17.6. The van der Waals surface area contributed by atoms with E-state index in [0.29, 0.717) is 11.4 Å². The molecule has 0 aromatic heterocycles. The molecule has 0 saturated carbocycles. The topological polar surface area (TPSA) is 117 Å². The molecule has 1 amide bonds. The number of hydrogen-bond acceptors (Lipinski definition) is 7. The Morgan fingerprint density at radius 3 is 2.48 bits per heavy atom. The number of aliphatic hydroxyl groups is 3. The summed E-state index contributed by atoms with van der Waals surface area (Å²) in [5.74, 6) is 0.182. The van der Waals surface area contributed by atoms with Gasteiger partial charge in [-0.1, -0.05) is 34.1 Å². The van der Waals surface area contributed by atoms with Gasteiger partial charge in [0.15, 0.2) is 0 Å². The molecule has 33 heavy (non-hydrogen) atoms. The van der Waals surface area contributed by atoms with Gasteiger partial charge in [-0.25, -0.2) is 0 Å². The lowest BCUT2D eigenvalue weighted by molar-refractivity contribution is -0.268. The van der Waals surface area contributed by atoms with Crippen LogP contribution < -0.4 is 14.8 Å². The number of aliphatic hydroxyl groups excluding tert-OH is 3. The lowest BCUT2D eigenvalue weighted by Gasteiger charge is -2.39. The molecule has 1 fully saturated rings. The molecule has 174 valence electrons. The van der Waals surface area contributed by atoms with Gasteiger partial charge in [-0.05, 0) is 54.1 Å². The molecule has 0 bridgehead atoms. The van der Waals surface area contributed by atoms with Crippen molar-refractivity contribution in [1.82, 2.24) is 0 Å². The molecule has 8 nitrogen and oxygen atoms in total. The van der Waals surface area contributed by atoms with E-state index in [0.717, 1.165) is 15.2 Å². The first-order valence-corrected chi connectivity index (χ1v) is 11.1. The van der Waals surface area contributed by atoms with Crippen molar-refractivity contribution in [3.63, 3.8) is 0 Å². The zero-order chi connectivity index (χ0) is 23.7. The maximum atomic E-state index is 13.3. The largest absolute Gasteiger partial charge is 0.495 e. The molecule has 1 aliphatic rings. The highest BCUT2D eigenvalue weighted by molar-refractivity contribution is 9.10. The molecule has 1 saturated heterocycles. The molecular formula is C24H24BrNO7. The number of carbonyl (C=O) groups excluding carboxylic acids is 1. The van der Waals surface area contributed by atoms with Crippen molar-refractivity contribution in [2.75, 3.05) is 12.4 Å². The fourth-order valence-corrected chi connectivity index (χ4v) is 4.07. The van der Waals surface area contributed by atoms with Crippen molar-refractivity contribution >= 4 is 38.3 Å². The molecule has 4 N–H and O–H groups in total. The van der Waals surface area contributed by atoms with Gasteiger partial charge >= 0.3 is 0 Å². The highest BCUT2D eigenvalue weighted by atomic mass is 79.9. The van der Waals surface area contributed by atoms with Crippen LogP contribution in [0.2, 0.25) is 0 Å². The summed E-state index contributed by atoms with van der Waals surface area (Å²) in [7, 11) is 1.51. The first kappa shape index (κ1) is 23.5. The minimum Gasteiger partial charge on any atom is -0.495 e. The number of anilines is 1. The molecular weight excluding hydrogens is 494 g/mol. The third-order valence-corrected chi connectivity index (χ3v) is 6.05. The second kappa shape index (κ2) is 9.66. The van der Waals surface area contributed by atoms with Gasteiger partial charge in [-0.3, -0.25) is 4.79 Å². The molecule has 5 unspecified atom stereocenters. The summed E-state index contributed by atoms with van der Waals surface area (Å²) in [6, 6.07) is 15.9. The van der Waals surface area contributed by atoms with E-state index in [1.54, 1.807) is 43.3 Å². The monoisotopic (exact) mass is 517 g/mol. The predicted octanol–water partition coefficient (Wildman–Crippen LogP) is 3.07. The first-order valence-electron chi connectivity index (χ1n) is 10.3. The molecule has 9 heteroatoms. The van der Waals surface area contributed by atoms with E-state index < -0.39 is 36.6 Å². The summed E-state index contributed by atoms with van der Waals surface area (Å²) in [4.78, 5) is 13.3. The van der Waals surface area contributed by atoms with Gasteiger partial charge in [-0.15, -0.1) is 0 Å². The number of para-hydroxylation sites is 2. The van der Waals surface area contributed by atoms with E-state index in [4.69, 9.17) is 14.2 Å². The van der Waals surface area contributed by atoms with Gasteiger partial charge in [0.25, 0.3) is 5.91 Å². The van der Waals surface area contributed by atoms with Crippen molar-refractivity contribution in [2.24, 2.45) is 0 Å². The zero-order valence-corrected chi connectivity index (χ0v) is 19.5. The maximum absolute atomic E-state index is 13.3.